The molecule has 2 rings (SSSR count). The summed E-state index contributed by atoms with van der Waals surface area (Å²) in [6, 6.07) is 5.41. The quantitative estimate of drug-likeness (QED) is 0.610. The molecular weight excluding hydrogens is 310 g/mol. The lowest BCUT2D eigenvalue weighted by molar-refractivity contribution is -0.148. The van der Waals surface area contributed by atoms with Crippen molar-refractivity contribution in [1.82, 2.24) is 4.90 Å². The number of carbonyl (C=O) groups excluding carboxylic acids is 2. The molecule has 0 aromatic heterocycles. The molecule has 6 nitrogen and oxygen atoms in total. The van der Waals surface area contributed by atoms with Gasteiger partial charge in [0.05, 0.1) is 27.2 Å². The summed E-state index contributed by atoms with van der Waals surface area (Å²) in [5.74, 6) is 0.981. The zero-order valence-corrected chi connectivity index (χ0v) is 14.3. The van der Waals surface area contributed by atoms with Crippen LogP contribution in [0.25, 0.3) is 6.08 Å². The Morgan fingerprint density at radius 1 is 1.12 bits per heavy atom. The molecule has 1 aliphatic rings. The van der Waals surface area contributed by atoms with Gasteiger partial charge in [0, 0.05) is 24.7 Å². The number of amides is 1. The van der Waals surface area contributed by atoms with Gasteiger partial charge in [0.2, 0.25) is 5.91 Å². The van der Waals surface area contributed by atoms with Crippen molar-refractivity contribution in [3.05, 3.63) is 29.8 Å². The SMILES string of the molecule is COC(=O)C1CCN(C(=O)C=Cc2cc(OC)ccc2OC)CC1. The standard InChI is InChI=1S/C18H23NO5/c1-22-15-5-6-16(23-2)14(12-15)4-7-17(20)19-10-8-13(9-11-19)18(21)24-3/h4-7,12-13H,8-11H2,1-3H3. The first-order valence-electron chi connectivity index (χ1n) is 7.86. The molecule has 1 amide bonds. The van der Waals surface area contributed by atoms with E-state index in [4.69, 9.17) is 14.2 Å². The first kappa shape index (κ1) is 17.8. The fourth-order valence-corrected chi connectivity index (χ4v) is 2.74. The van der Waals surface area contributed by atoms with Gasteiger partial charge in [-0.2, -0.15) is 0 Å². The van der Waals surface area contributed by atoms with E-state index in [0.29, 0.717) is 37.4 Å². The molecule has 24 heavy (non-hydrogen) atoms. The Balaban J connectivity index is 2.00. The fraction of sp³-hybridized carbons (Fsp3) is 0.444. The zero-order valence-electron chi connectivity index (χ0n) is 14.3. The molecule has 1 saturated heterocycles. The maximum atomic E-state index is 12.3. The molecule has 130 valence electrons. The van der Waals surface area contributed by atoms with Gasteiger partial charge >= 0.3 is 5.97 Å². The number of methoxy groups -OCH3 is 3. The minimum Gasteiger partial charge on any atom is -0.497 e. The minimum absolute atomic E-state index is 0.0804. The van der Waals surface area contributed by atoms with Crippen LogP contribution in [0.1, 0.15) is 18.4 Å². The van der Waals surface area contributed by atoms with Crippen LogP contribution in [-0.4, -0.2) is 51.2 Å². The highest BCUT2D eigenvalue weighted by Crippen LogP contribution is 2.25. The normalized spacial score (nSPS) is 15.4. The summed E-state index contributed by atoms with van der Waals surface area (Å²) in [5, 5.41) is 0. The highest BCUT2D eigenvalue weighted by Gasteiger charge is 2.26. The average Bonchev–Trinajstić information content (AvgIpc) is 2.65. The van der Waals surface area contributed by atoms with Crippen molar-refractivity contribution in [2.45, 2.75) is 12.8 Å². The Morgan fingerprint density at radius 3 is 2.42 bits per heavy atom. The molecule has 6 heteroatoms. The lowest BCUT2D eigenvalue weighted by Crippen LogP contribution is -2.39. The molecule has 0 unspecified atom stereocenters. The number of likely N-dealkylation sites (tertiary alicyclic amines) is 1. The second kappa shape index (κ2) is 8.38. The molecule has 0 radical (unpaired) electrons. The maximum Gasteiger partial charge on any atom is 0.308 e. The van der Waals surface area contributed by atoms with Crippen LogP contribution in [0.2, 0.25) is 0 Å². The van der Waals surface area contributed by atoms with Crippen molar-refractivity contribution in [3.8, 4) is 11.5 Å². The molecular formula is C18H23NO5. The van der Waals surface area contributed by atoms with E-state index in [0.717, 1.165) is 5.56 Å². The van der Waals surface area contributed by atoms with E-state index in [9.17, 15) is 9.59 Å². The van der Waals surface area contributed by atoms with Crippen molar-refractivity contribution in [1.29, 1.82) is 0 Å². The number of ether oxygens (including phenoxy) is 3. The van der Waals surface area contributed by atoms with Crippen molar-refractivity contribution in [2.24, 2.45) is 5.92 Å². The lowest BCUT2D eigenvalue weighted by atomic mass is 9.97. The zero-order chi connectivity index (χ0) is 17.5. The van der Waals surface area contributed by atoms with Gasteiger partial charge in [-0.3, -0.25) is 9.59 Å². The Labute approximate surface area is 142 Å². The smallest absolute Gasteiger partial charge is 0.308 e. The predicted molar refractivity (Wildman–Crippen MR) is 89.9 cm³/mol. The summed E-state index contributed by atoms with van der Waals surface area (Å²) >= 11 is 0. The molecule has 0 saturated carbocycles. The van der Waals surface area contributed by atoms with Crippen molar-refractivity contribution in [2.75, 3.05) is 34.4 Å². The third-order valence-electron chi connectivity index (χ3n) is 4.18. The highest BCUT2D eigenvalue weighted by molar-refractivity contribution is 5.92. The summed E-state index contributed by atoms with van der Waals surface area (Å²) < 4.78 is 15.2. The number of nitrogens with zero attached hydrogens (tertiary/aromatic N) is 1. The van der Waals surface area contributed by atoms with E-state index in [1.54, 1.807) is 37.3 Å². The van der Waals surface area contributed by atoms with E-state index in [-0.39, 0.29) is 17.8 Å². The third-order valence-corrected chi connectivity index (χ3v) is 4.18. The monoisotopic (exact) mass is 333 g/mol. The van der Waals surface area contributed by atoms with Crippen LogP contribution in [0.4, 0.5) is 0 Å². The van der Waals surface area contributed by atoms with Gasteiger partial charge in [-0.15, -0.1) is 0 Å². The Bertz CT molecular complexity index is 618. The van der Waals surface area contributed by atoms with E-state index < -0.39 is 0 Å². The van der Waals surface area contributed by atoms with Crippen LogP contribution < -0.4 is 9.47 Å². The van der Waals surface area contributed by atoms with Crippen LogP contribution in [0.5, 0.6) is 11.5 Å². The maximum absolute atomic E-state index is 12.3. The first-order chi connectivity index (χ1) is 11.6. The van der Waals surface area contributed by atoms with Gasteiger partial charge in [-0.25, -0.2) is 0 Å². The van der Waals surface area contributed by atoms with Crippen molar-refractivity contribution < 1.29 is 23.8 Å². The van der Waals surface area contributed by atoms with Gasteiger partial charge in [-0.1, -0.05) is 0 Å². The number of hydrogen-bond donors (Lipinski definition) is 0. The summed E-state index contributed by atoms with van der Waals surface area (Å²) in [7, 11) is 4.56. The lowest BCUT2D eigenvalue weighted by Gasteiger charge is -2.29. The van der Waals surface area contributed by atoms with Crippen molar-refractivity contribution in [3.63, 3.8) is 0 Å². The number of esters is 1. The van der Waals surface area contributed by atoms with E-state index in [1.165, 1.54) is 13.2 Å². The number of benzene rings is 1. The summed E-state index contributed by atoms with van der Waals surface area (Å²) in [5.41, 5.74) is 0.773. The number of piperidine rings is 1. The second-order valence-electron chi connectivity index (χ2n) is 5.56. The first-order valence-corrected chi connectivity index (χ1v) is 7.86. The molecule has 0 spiro atoms. The Hall–Kier alpha value is -2.50. The number of carbonyl (C=O) groups is 2. The van der Waals surface area contributed by atoms with E-state index in [1.807, 2.05) is 6.07 Å². The molecule has 1 fully saturated rings. The topological polar surface area (TPSA) is 65.1 Å². The molecule has 0 atom stereocenters. The van der Waals surface area contributed by atoms with Gasteiger partial charge < -0.3 is 19.1 Å². The van der Waals surface area contributed by atoms with E-state index in [2.05, 4.69) is 0 Å². The predicted octanol–water partition coefficient (Wildman–Crippen LogP) is 2.13. The molecule has 1 aromatic rings. The van der Waals surface area contributed by atoms with Gasteiger partial charge in [0.15, 0.2) is 0 Å². The Kier molecular flexibility index (Phi) is 6.23. The third kappa shape index (κ3) is 4.28. The molecule has 1 heterocycles. The summed E-state index contributed by atoms with van der Waals surface area (Å²) in [6.07, 6.45) is 4.51. The molecule has 1 aliphatic heterocycles. The van der Waals surface area contributed by atoms with Gasteiger partial charge in [-0.05, 0) is 37.1 Å². The molecule has 0 bridgehead atoms. The van der Waals surface area contributed by atoms with Crippen LogP contribution in [0.15, 0.2) is 24.3 Å². The summed E-state index contributed by atoms with van der Waals surface area (Å²) in [4.78, 5) is 25.6. The fourth-order valence-electron chi connectivity index (χ4n) is 2.74. The van der Waals surface area contributed by atoms with Crippen molar-refractivity contribution >= 4 is 18.0 Å². The van der Waals surface area contributed by atoms with Crippen LogP contribution in [0, 0.1) is 5.92 Å². The van der Waals surface area contributed by atoms with Gasteiger partial charge in [0.1, 0.15) is 11.5 Å². The minimum atomic E-state index is -0.196. The van der Waals surface area contributed by atoms with Gasteiger partial charge in [0.25, 0.3) is 0 Å². The largest absolute Gasteiger partial charge is 0.497 e. The average molecular weight is 333 g/mol. The molecule has 1 aromatic carbocycles. The molecule has 0 aliphatic carbocycles. The van der Waals surface area contributed by atoms with Crippen LogP contribution >= 0.6 is 0 Å². The number of rotatable bonds is 5. The summed E-state index contributed by atoms with van der Waals surface area (Å²) in [6.45, 7) is 1.11. The Morgan fingerprint density at radius 2 is 1.83 bits per heavy atom. The molecule has 0 N–H and O–H groups in total. The van der Waals surface area contributed by atoms with Crippen LogP contribution in [0.3, 0.4) is 0 Å². The van der Waals surface area contributed by atoms with Crippen LogP contribution in [-0.2, 0) is 14.3 Å². The second-order valence-corrected chi connectivity index (χ2v) is 5.56. The van der Waals surface area contributed by atoms with E-state index >= 15 is 0 Å². The highest BCUT2D eigenvalue weighted by atomic mass is 16.5. The number of hydrogen-bond acceptors (Lipinski definition) is 5.